The Morgan fingerprint density at radius 2 is 2.28 bits per heavy atom. The van der Waals surface area contributed by atoms with Crippen molar-refractivity contribution in [1.29, 1.82) is 0 Å². The van der Waals surface area contributed by atoms with E-state index in [-0.39, 0.29) is 5.97 Å². The van der Waals surface area contributed by atoms with E-state index in [1.807, 2.05) is 25.1 Å². The summed E-state index contributed by atoms with van der Waals surface area (Å²) < 4.78 is 10.1. The smallest absolute Gasteiger partial charge is 0.333 e. The van der Waals surface area contributed by atoms with Gasteiger partial charge in [0.15, 0.2) is 0 Å². The van der Waals surface area contributed by atoms with Crippen molar-refractivity contribution in [1.82, 2.24) is 4.98 Å². The summed E-state index contributed by atoms with van der Waals surface area (Å²) in [5.41, 5.74) is 1.65. The highest BCUT2D eigenvalue weighted by Crippen LogP contribution is 2.03. The van der Waals surface area contributed by atoms with E-state index >= 15 is 0 Å². The van der Waals surface area contributed by atoms with Crippen LogP contribution in [0.5, 0.6) is 0 Å². The standard InChI is InChI=1S/C14H19NO3/c1-3-12(14(16)17-2)7-10-18-11-8-13-6-4-5-9-15-13/h4-7,9H,3,8,10-11H2,1-2H3. The van der Waals surface area contributed by atoms with Gasteiger partial charge in [-0.1, -0.05) is 13.0 Å². The molecule has 0 atom stereocenters. The van der Waals surface area contributed by atoms with Gasteiger partial charge in [-0.05, 0) is 24.6 Å². The number of hydrogen-bond acceptors (Lipinski definition) is 4. The first kappa shape index (κ1) is 14.4. The van der Waals surface area contributed by atoms with Crippen molar-refractivity contribution in [3.05, 3.63) is 41.7 Å². The average molecular weight is 249 g/mol. The SMILES string of the molecule is CCC(=CCOCCc1ccccn1)C(=O)OC. The summed E-state index contributed by atoms with van der Waals surface area (Å²) >= 11 is 0. The van der Waals surface area contributed by atoms with Crippen LogP contribution in [0.2, 0.25) is 0 Å². The summed E-state index contributed by atoms with van der Waals surface area (Å²) in [5.74, 6) is -0.286. The first-order valence-corrected chi connectivity index (χ1v) is 6.03. The van der Waals surface area contributed by atoms with E-state index in [0.717, 1.165) is 12.1 Å². The number of hydrogen-bond donors (Lipinski definition) is 0. The second kappa shape index (κ2) is 8.42. The van der Waals surface area contributed by atoms with Gasteiger partial charge in [0, 0.05) is 23.9 Å². The number of methoxy groups -OCH3 is 1. The fourth-order valence-corrected chi connectivity index (χ4v) is 1.47. The van der Waals surface area contributed by atoms with Crippen molar-refractivity contribution in [3.63, 3.8) is 0 Å². The maximum Gasteiger partial charge on any atom is 0.333 e. The van der Waals surface area contributed by atoms with Crippen LogP contribution < -0.4 is 0 Å². The molecular weight excluding hydrogens is 230 g/mol. The molecule has 18 heavy (non-hydrogen) atoms. The van der Waals surface area contributed by atoms with Gasteiger partial charge in [0.05, 0.1) is 20.3 Å². The molecule has 0 aliphatic rings. The summed E-state index contributed by atoms with van der Waals surface area (Å²) in [4.78, 5) is 15.5. The maximum atomic E-state index is 11.3. The van der Waals surface area contributed by atoms with Crippen LogP contribution in [-0.4, -0.2) is 31.3 Å². The molecule has 0 saturated heterocycles. The molecule has 0 fully saturated rings. The Kier molecular flexibility index (Phi) is 6.72. The zero-order chi connectivity index (χ0) is 13.2. The lowest BCUT2D eigenvalue weighted by Gasteiger charge is -2.04. The number of pyridine rings is 1. The molecule has 0 saturated carbocycles. The molecule has 1 aromatic rings. The second-order valence-electron chi connectivity index (χ2n) is 3.72. The minimum atomic E-state index is -0.286. The highest BCUT2D eigenvalue weighted by Gasteiger charge is 2.05. The van der Waals surface area contributed by atoms with Crippen molar-refractivity contribution in [3.8, 4) is 0 Å². The van der Waals surface area contributed by atoms with Gasteiger partial charge in [0.2, 0.25) is 0 Å². The Hall–Kier alpha value is -1.68. The molecule has 0 aliphatic heterocycles. The van der Waals surface area contributed by atoms with Gasteiger partial charge in [-0.2, -0.15) is 0 Å². The van der Waals surface area contributed by atoms with Gasteiger partial charge in [0.1, 0.15) is 0 Å². The number of carbonyl (C=O) groups is 1. The number of aromatic nitrogens is 1. The Bertz CT molecular complexity index is 387. The van der Waals surface area contributed by atoms with Gasteiger partial charge >= 0.3 is 5.97 Å². The van der Waals surface area contributed by atoms with E-state index in [0.29, 0.717) is 25.2 Å². The Balaban J connectivity index is 2.25. The summed E-state index contributed by atoms with van der Waals surface area (Å²) in [6.07, 6.45) is 4.95. The molecule has 4 nitrogen and oxygen atoms in total. The second-order valence-corrected chi connectivity index (χ2v) is 3.72. The quantitative estimate of drug-likeness (QED) is 0.422. The van der Waals surface area contributed by atoms with E-state index < -0.39 is 0 Å². The minimum absolute atomic E-state index is 0.286. The van der Waals surface area contributed by atoms with Crippen LogP contribution >= 0.6 is 0 Å². The fraction of sp³-hybridized carbons (Fsp3) is 0.429. The van der Waals surface area contributed by atoms with Gasteiger partial charge in [0.25, 0.3) is 0 Å². The van der Waals surface area contributed by atoms with Crippen molar-refractivity contribution in [2.75, 3.05) is 20.3 Å². The molecule has 0 bridgehead atoms. The van der Waals surface area contributed by atoms with Crippen LogP contribution in [0.3, 0.4) is 0 Å². The molecule has 0 aromatic carbocycles. The molecule has 0 aliphatic carbocycles. The number of rotatable bonds is 7. The first-order chi connectivity index (χ1) is 8.77. The van der Waals surface area contributed by atoms with Crippen LogP contribution in [0.15, 0.2) is 36.0 Å². The normalized spacial score (nSPS) is 11.3. The molecular formula is C14H19NO3. The molecule has 1 heterocycles. The summed E-state index contributed by atoms with van der Waals surface area (Å²) in [6.45, 7) is 2.92. The van der Waals surface area contributed by atoms with Crippen molar-refractivity contribution in [2.45, 2.75) is 19.8 Å². The number of ether oxygens (including phenoxy) is 2. The van der Waals surface area contributed by atoms with E-state index in [9.17, 15) is 4.79 Å². The fourth-order valence-electron chi connectivity index (χ4n) is 1.47. The van der Waals surface area contributed by atoms with Crippen molar-refractivity contribution >= 4 is 5.97 Å². The zero-order valence-electron chi connectivity index (χ0n) is 10.9. The molecule has 0 unspecified atom stereocenters. The summed E-state index contributed by atoms with van der Waals surface area (Å²) in [7, 11) is 1.38. The van der Waals surface area contributed by atoms with E-state index in [1.165, 1.54) is 7.11 Å². The van der Waals surface area contributed by atoms with Crippen LogP contribution in [0.4, 0.5) is 0 Å². The highest BCUT2D eigenvalue weighted by molar-refractivity contribution is 5.88. The summed E-state index contributed by atoms with van der Waals surface area (Å²) in [5, 5.41) is 0. The summed E-state index contributed by atoms with van der Waals surface area (Å²) in [6, 6.07) is 5.80. The van der Waals surface area contributed by atoms with Crippen molar-refractivity contribution in [2.24, 2.45) is 0 Å². The number of nitrogens with zero attached hydrogens (tertiary/aromatic N) is 1. The predicted molar refractivity (Wildman–Crippen MR) is 69.2 cm³/mol. The largest absolute Gasteiger partial charge is 0.466 e. The Morgan fingerprint density at radius 3 is 2.89 bits per heavy atom. The maximum absolute atomic E-state index is 11.3. The molecule has 98 valence electrons. The van der Waals surface area contributed by atoms with Crippen LogP contribution in [-0.2, 0) is 20.7 Å². The topological polar surface area (TPSA) is 48.4 Å². The molecule has 0 spiro atoms. The van der Waals surface area contributed by atoms with Gasteiger partial charge < -0.3 is 9.47 Å². The molecule has 1 rings (SSSR count). The first-order valence-electron chi connectivity index (χ1n) is 6.03. The van der Waals surface area contributed by atoms with E-state index in [2.05, 4.69) is 9.72 Å². The molecule has 0 radical (unpaired) electrons. The number of esters is 1. The molecule has 0 N–H and O–H groups in total. The molecule has 1 aromatic heterocycles. The Labute approximate surface area is 108 Å². The lowest BCUT2D eigenvalue weighted by Crippen LogP contribution is -2.06. The highest BCUT2D eigenvalue weighted by atomic mass is 16.5. The van der Waals surface area contributed by atoms with Gasteiger partial charge in [-0.25, -0.2) is 4.79 Å². The average Bonchev–Trinajstić information content (AvgIpc) is 2.43. The Morgan fingerprint density at radius 1 is 1.44 bits per heavy atom. The predicted octanol–water partition coefficient (Wildman–Crippen LogP) is 2.15. The van der Waals surface area contributed by atoms with Gasteiger partial charge in [-0.3, -0.25) is 4.98 Å². The third-order valence-corrected chi connectivity index (χ3v) is 2.50. The van der Waals surface area contributed by atoms with E-state index in [1.54, 1.807) is 12.3 Å². The lowest BCUT2D eigenvalue weighted by atomic mass is 10.2. The van der Waals surface area contributed by atoms with Crippen LogP contribution in [0, 0.1) is 0 Å². The van der Waals surface area contributed by atoms with Crippen LogP contribution in [0.25, 0.3) is 0 Å². The third kappa shape index (κ3) is 5.10. The lowest BCUT2D eigenvalue weighted by molar-refractivity contribution is -0.136. The van der Waals surface area contributed by atoms with Gasteiger partial charge in [-0.15, -0.1) is 0 Å². The molecule has 4 heteroatoms. The third-order valence-electron chi connectivity index (χ3n) is 2.50. The van der Waals surface area contributed by atoms with Crippen molar-refractivity contribution < 1.29 is 14.3 Å². The van der Waals surface area contributed by atoms with Crippen LogP contribution in [0.1, 0.15) is 19.0 Å². The molecule has 0 amide bonds. The monoisotopic (exact) mass is 249 g/mol. The zero-order valence-corrected chi connectivity index (χ0v) is 10.9. The number of carbonyl (C=O) groups excluding carboxylic acids is 1. The van der Waals surface area contributed by atoms with E-state index in [4.69, 9.17) is 4.74 Å². The minimum Gasteiger partial charge on any atom is -0.466 e.